The van der Waals surface area contributed by atoms with Gasteiger partial charge in [-0.05, 0) is 49.2 Å². The predicted molar refractivity (Wildman–Crippen MR) is 112 cm³/mol. The van der Waals surface area contributed by atoms with Crippen LogP contribution in [0.25, 0.3) is 22.1 Å². The number of allylic oxidation sites excluding steroid dienone is 2. The third-order valence-electron chi connectivity index (χ3n) is 4.58. The topological polar surface area (TPSA) is 68.3 Å². The Bertz CT molecular complexity index is 1290. The Labute approximate surface area is 171 Å². The van der Waals surface area contributed by atoms with E-state index in [1.54, 1.807) is 48.9 Å². The highest BCUT2D eigenvalue weighted by Crippen LogP contribution is 2.35. The van der Waals surface area contributed by atoms with Crippen LogP contribution in [0.1, 0.15) is 30.4 Å². The SMILES string of the molecule is C=C(C/C=C\N=C/C)c1ccc2nnc(C(F)(F)c3ccc4ncccc4c3)n2n1. The number of halogens is 2. The predicted octanol–water partition coefficient (Wildman–Crippen LogP) is 4.82. The summed E-state index contributed by atoms with van der Waals surface area (Å²) < 4.78 is 31.8. The van der Waals surface area contributed by atoms with E-state index in [2.05, 4.69) is 31.9 Å². The van der Waals surface area contributed by atoms with Gasteiger partial charge in [0.15, 0.2) is 5.65 Å². The Morgan fingerprint density at radius 3 is 2.90 bits per heavy atom. The molecule has 0 aliphatic carbocycles. The van der Waals surface area contributed by atoms with Gasteiger partial charge in [0.2, 0.25) is 5.82 Å². The van der Waals surface area contributed by atoms with Crippen molar-refractivity contribution in [2.75, 3.05) is 0 Å². The fourth-order valence-corrected chi connectivity index (χ4v) is 3.02. The van der Waals surface area contributed by atoms with Gasteiger partial charge in [-0.2, -0.15) is 18.4 Å². The number of rotatable bonds is 6. The number of hydrogen-bond acceptors (Lipinski definition) is 5. The van der Waals surface area contributed by atoms with Crippen molar-refractivity contribution in [3.63, 3.8) is 0 Å². The average molecular weight is 404 g/mol. The van der Waals surface area contributed by atoms with Gasteiger partial charge < -0.3 is 0 Å². The minimum absolute atomic E-state index is 0.205. The lowest BCUT2D eigenvalue weighted by Crippen LogP contribution is -2.20. The van der Waals surface area contributed by atoms with Crippen LogP contribution in [0.5, 0.6) is 0 Å². The van der Waals surface area contributed by atoms with Gasteiger partial charge in [0.1, 0.15) is 0 Å². The van der Waals surface area contributed by atoms with Crippen molar-refractivity contribution in [3.8, 4) is 0 Å². The molecule has 0 saturated carbocycles. The third kappa shape index (κ3) is 3.59. The van der Waals surface area contributed by atoms with Crippen molar-refractivity contribution in [2.24, 2.45) is 4.99 Å². The van der Waals surface area contributed by atoms with Crippen LogP contribution in [0, 0.1) is 0 Å². The van der Waals surface area contributed by atoms with E-state index in [0.29, 0.717) is 28.6 Å². The summed E-state index contributed by atoms with van der Waals surface area (Å²) in [7, 11) is 0. The standard InChI is InChI=1S/C22H18F2N6/c1-3-25-12-4-6-15(2)18-10-11-20-27-28-21(30(20)29-18)22(23,24)17-8-9-19-16(14-17)7-5-13-26-19/h3-5,7-14H,2,6H2,1H3/b12-4-,25-3-. The fraction of sp³-hybridized carbons (Fsp3) is 0.136. The molecule has 0 amide bonds. The normalized spacial score (nSPS) is 12.5. The molecule has 0 saturated heterocycles. The van der Waals surface area contributed by atoms with E-state index in [-0.39, 0.29) is 11.2 Å². The molecule has 0 N–H and O–H groups in total. The lowest BCUT2D eigenvalue weighted by Gasteiger charge is -2.15. The molecule has 4 aromatic rings. The Hall–Kier alpha value is -3.81. The summed E-state index contributed by atoms with van der Waals surface area (Å²) in [6.07, 6.45) is 7.24. The van der Waals surface area contributed by atoms with Crippen LogP contribution >= 0.6 is 0 Å². The second-order valence-corrected chi connectivity index (χ2v) is 6.60. The summed E-state index contributed by atoms with van der Waals surface area (Å²) in [4.78, 5) is 8.15. The largest absolute Gasteiger partial charge is 0.333 e. The minimum atomic E-state index is -3.40. The van der Waals surface area contributed by atoms with Crippen molar-refractivity contribution in [3.05, 3.63) is 84.6 Å². The first-order chi connectivity index (χ1) is 14.5. The Kier molecular flexibility index (Phi) is 5.14. The van der Waals surface area contributed by atoms with Crippen molar-refractivity contribution >= 4 is 28.3 Å². The molecule has 0 unspecified atom stereocenters. The van der Waals surface area contributed by atoms with Gasteiger partial charge in [-0.1, -0.05) is 24.8 Å². The number of aliphatic imine (C=N–C) groups is 1. The number of hydrogen-bond donors (Lipinski definition) is 0. The maximum atomic E-state index is 15.4. The molecular weight excluding hydrogens is 386 g/mol. The zero-order chi connectivity index (χ0) is 21.1. The van der Waals surface area contributed by atoms with Gasteiger partial charge in [0.05, 0.1) is 11.2 Å². The Morgan fingerprint density at radius 1 is 1.20 bits per heavy atom. The zero-order valence-electron chi connectivity index (χ0n) is 16.2. The third-order valence-corrected chi connectivity index (χ3v) is 4.58. The van der Waals surface area contributed by atoms with E-state index < -0.39 is 11.7 Å². The maximum Gasteiger partial charge on any atom is 0.333 e. The Morgan fingerprint density at radius 2 is 2.07 bits per heavy atom. The van der Waals surface area contributed by atoms with Crippen molar-refractivity contribution < 1.29 is 8.78 Å². The monoisotopic (exact) mass is 404 g/mol. The highest BCUT2D eigenvalue weighted by atomic mass is 19.3. The second-order valence-electron chi connectivity index (χ2n) is 6.60. The molecule has 6 nitrogen and oxygen atoms in total. The first-order valence-electron chi connectivity index (χ1n) is 9.27. The van der Waals surface area contributed by atoms with Gasteiger partial charge in [-0.25, -0.2) is 0 Å². The molecule has 0 radical (unpaired) electrons. The highest BCUT2D eigenvalue weighted by Gasteiger charge is 2.40. The minimum Gasteiger partial charge on any atom is -0.270 e. The fourth-order valence-electron chi connectivity index (χ4n) is 3.02. The van der Waals surface area contributed by atoms with Crippen LogP contribution in [-0.2, 0) is 5.92 Å². The molecule has 30 heavy (non-hydrogen) atoms. The van der Waals surface area contributed by atoms with Gasteiger partial charge in [0, 0.05) is 29.6 Å². The Balaban J connectivity index is 1.72. The molecule has 0 atom stereocenters. The lowest BCUT2D eigenvalue weighted by molar-refractivity contribution is 0.0307. The summed E-state index contributed by atoms with van der Waals surface area (Å²) in [6, 6.07) is 11.0. The molecular formula is C22H18F2N6. The average Bonchev–Trinajstić information content (AvgIpc) is 3.20. The molecule has 8 heteroatoms. The van der Waals surface area contributed by atoms with Gasteiger partial charge in [0.25, 0.3) is 0 Å². The van der Waals surface area contributed by atoms with E-state index in [1.165, 1.54) is 12.1 Å². The van der Waals surface area contributed by atoms with Crippen molar-refractivity contribution in [1.82, 2.24) is 24.8 Å². The van der Waals surface area contributed by atoms with Gasteiger partial charge in [-0.15, -0.1) is 10.2 Å². The van der Waals surface area contributed by atoms with Crippen molar-refractivity contribution in [1.29, 1.82) is 0 Å². The summed E-state index contributed by atoms with van der Waals surface area (Å²) in [5, 5.41) is 12.5. The molecule has 0 aliphatic heterocycles. The van der Waals surface area contributed by atoms with E-state index in [1.807, 2.05) is 13.0 Å². The second kappa shape index (κ2) is 7.90. The quantitative estimate of drug-likeness (QED) is 0.432. The summed E-state index contributed by atoms with van der Waals surface area (Å²) in [6.45, 7) is 5.80. The van der Waals surface area contributed by atoms with E-state index >= 15 is 8.78 Å². The maximum absolute atomic E-state index is 15.4. The van der Waals surface area contributed by atoms with Crippen LogP contribution < -0.4 is 0 Å². The number of alkyl halides is 2. The lowest BCUT2D eigenvalue weighted by atomic mass is 10.0. The number of benzene rings is 1. The van der Waals surface area contributed by atoms with E-state index in [9.17, 15) is 0 Å². The van der Waals surface area contributed by atoms with E-state index in [0.717, 1.165) is 4.52 Å². The number of aromatic nitrogens is 5. The first kappa shape index (κ1) is 19.5. The first-order valence-corrected chi connectivity index (χ1v) is 9.27. The van der Waals surface area contributed by atoms with Gasteiger partial charge in [-0.3, -0.25) is 9.98 Å². The van der Waals surface area contributed by atoms with Gasteiger partial charge >= 0.3 is 5.92 Å². The molecule has 0 bridgehead atoms. The molecule has 3 aromatic heterocycles. The molecule has 0 fully saturated rings. The number of fused-ring (bicyclic) bond motifs is 2. The molecule has 3 heterocycles. The molecule has 0 spiro atoms. The zero-order valence-corrected chi connectivity index (χ0v) is 16.2. The van der Waals surface area contributed by atoms with Crippen molar-refractivity contribution in [2.45, 2.75) is 19.3 Å². The number of nitrogens with zero attached hydrogens (tertiary/aromatic N) is 6. The molecule has 150 valence electrons. The summed E-state index contributed by atoms with van der Waals surface area (Å²) >= 11 is 0. The molecule has 1 aromatic carbocycles. The number of pyridine rings is 1. The van der Waals surface area contributed by atoms with Crippen LogP contribution in [0.4, 0.5) is 8.78 Å². The van der Waals surface area contributed by atoms with Crippen LogP contribution in [0.15, 0.2) is 72.5 Å². The van der Waals surface area contributed by atoms with Crippen LogP contribution in [-0.4, -0.2) is 31.0 Å². The van der Waals surface area contributed by atoms with E-state index in [4.69, 9.17) is 0 Å². The molecule has 0 aliphatic rings. The summed E-state index contributed by atoms with van der Waals surface area (Å²) in [5.74, 6) is -3.95. The molecule has 4 rings (SSSR count). The highest BCUT2D eigenvalue weighted by molar-refractivity contribution is 5.79. The summed E-state index contributed by atoms with van der Waals surface area (Å²) in [5.41, 5.74) is 1.81. The smallest absolute Gasteiger partial charge is 0.270 e. The van der Waals surface area contributed by atoms with Crippen LogP contribution in [0.2, 0.25) is 0 Å². The van der Waals surface area contributed by atoms with Crippen LogP contribution in [0.3, 0.4) is 0 Å².